The molecule has 1 aromatic heterocycles. The van der Waals surface area contributed by atoms with Gasteiger partial charge in [-0.2, -0.15) is 0 Å². The molecule has 0 radical (unpaired) electrons. The molecule has 1 aliphatic carbocycles. The van der Waals surface area contributed by atoms with Crippen LogP contribution in [0.3, 0.4) is 0 Å². The maximum atomic E-state index is 12.6. The molecule has 26 heavy (non-hydrogen) atoms. The lowest BCUT2D eigenvalue weighted by Gasteiger charge is -2.26. The Bertz CT molecular complexity index is 977. The molecule has 0 saturated carbocycles. The molecule has 1 heterocycles. The first-order valence-electron chi connectivity index (χ1n) is 9.08. The van der Waals surface area contributed by atoms with Gasteiger partial charge in [0.15, 0.2) is 9.60 Å². The molecule has 132 valence electrons. The van der Waals surface area contributed by atoms with Crippen molar-refractivity contribution in [2.24, 2.45) is 0 Å². The zero-order valence-corrected chi connectivity index (χ0v) is 16.0. The summed E-state index contributed by atoms with van der Waals surface area (Å²) in [4.78, 5) is 13.8. The van der Waals surface area contributed by atoms with Gasteiger partial charge in [-0.15, -0.1) is 0 Å². The Morgan fingerprint density at radius 1 is 1.04 bits per heavy atom. The highest BCUT2D eigenvalue weighted by Crippen LogP contribution is 2.39. The number of benzene rings is 2. The minimum Gasteiger partial charge on any atom is -0.452 e. The molecule has 0 amide bonds. The summed E-state index contributed by atoms with van der Waals surface area (Å²) < 4.78 is 7.16. The van der Waals surface area contributed by atoms with E-state index in [0.717, 1.165) is 19.3 Å². The van der Waals surface area contributed by atoms with Crippen LogP contribution in [0.2, 0.25) is 0 Å². The highest BCUT2D eigenvalue weighted by atomic mass is 32.2. The first kappa shape index (κ1) is 17.0. The number of thiophene rings is 1. The Balaban J connectivity index is 1.55. The van der Waals surface area contributed by atoms with Crippen molar-refractivity contribution in [3.8, 4) is 4.90 Å². The number of fused-ring (bicyclic) bond motifs is 1. The fraction of sp³-hybridized carbons (Fsp3) is 0.261. The standard InChI is InChI=1S/C23H23O2S/c1-23(2,19-8-4-5-9-19)25-22(24)18-11-13-20(14-12-18)26-16-15-17-7-3-6-10-21(17)26/h3,6-8,10-16H,4-5,9H2,1-2H3/q+1. The molecule has 2 nitrogen and oxygen atoms in total. The van der Waals surface area contributed by atoms with Gasteiger partial charge in [-0.3, -0.25) is 0 Å². The second-order valence-corrected chi connectivity index (χ2v) is 9.08. The van der Waals surface area contributed by atoms with Gasteiger partial charge in [0.25, 0.3) is 0 Å². The highest BCUT2D eigenvalue weighted by Gasteiger charge is 2.29. The summed E-state index contributed by atoms with van der Waals surface area (Å²) in [7, 11) is -0.0499. The predicted octanol–water partition coefficient (Wildman–Crippen LogP) is 6.62. The van der Waals surface area contributed by atoms with Crippen molar-refractivity contribution in [2.45, 2.75) is 38.7 Å². The van der Waals surface area contributed by atoms with Gasteiger partial charge in [0.1, 0.15) is 11.0 Å². The zero-order chi connectivity index (χ0) is 18.1. The number of allylic oxidation sites excluding steroid dienone is 1. The van der Waals surface area contributed by atoms with Crippen LogP contribution in [0.4, 0.5) is 0 Å². The number of rotatable bonds is 4. The van der Waals surface area contributed by atoms with Crippen LogP contribution in [0.1, 0.15) is 43.5 Å². The molecule has 0 fully saturated rings. The van der Waals surface area contributed by atoms with Crippen LogP contribution in [0, 0.1) is 0 Å². The van der Waals surface area contributed by atoms with Crippen LogP contribution < -0.4 is 0 Å². The molecule has 0 saturated heterocycles. The van der Waals surface area contributed by atoms with Crippen molar-refractivity contribution in [3.63, 3.8) is 0 Å². The quantitative estimate of drug-likeness (QED) is 0.296. The minimum atomic E-state index is -0.527. The van der Waals surface area contributed by atoms with Gasteiger partial charge in [0.2, 0.25) is 0 Å². The van der Waals surface area contributed by atoms with Gasteiger partial charge in [0.05, 0.1) is 5.56 Å². The number of esters is 1. The molecule has 0 bridgehead atoms. The van der Waals surface area contributed by atoms with E-state index in [1.165, 1.54) is 20.6 Å². The fourth-order valence-corrected chi connectivity index (χ4v) is 5.44. The molecule has 3 heteroatoms. The second kappa shape index (κ2) is 6.73. The van der Waals surface area contributed by atoms with E-state index in [1.807, 2.05) is 38.1 Å². The van der Waals surface area contributed by atoms with E-state index in [9.17, 15) is 4.79 Å². The van der Waals surface area contributed by atoms with Crippen molar-refractivity contribution >= 4 is 26.5 Å². The molecular formula is C23H23O2S+. The van der Waals surface area contributed by atoms with E-state index in [1.54, 1.807) is 0 Å². The van der Waals surface area contributed by atoms with Crippen LogP contribution >= 0.6 is 10.5 Å². The fourth-order valence-electron chi connectivity index (χ4n) is 3.55. The Morgan fingerprint density at radius 3 is 2.54 bits per heavy atom. The molecule has 4 rings (SSSR count). The van der Waals surface area contributed by atoms with Gasteiger partial charge >= 0.3 is 5.97 Å². The van der Waals surface area contributed by atoms with E-state index < -0.39 is 5.60 Å². The molecule has 0 N–H and O–H groups in total. The molecule has 1 atom stereocenters. The summed E-state index contributed by atoms with van der Waals surface area (Å²) >= 11 is 0. The summed E-state index contributed by atoms with van der Waals surface area (Å²) in [5.41, 5.74) is 1.32. The first-order chi connectivity index (χ1) is 12.5. The lowest BCUT2D eigenvalue weighted by atomic mass is 9.97. The minimum absolute atomic E-state index is 0.0499. The highest BCUT2D eigenvalue weighted by molar-refractivity contribution is 7.43. The summed E-state index contributed by atoms with van der Waals surface area (Å²) in [6.45, 7) is 3.97. The van der Waals surface area contributed by atoms with E-state index >= 15 is 0 Å². The number of ether oxygens (including phenoxy) is 1. The molecule has 1 unspecified atom stereocenters. The summed E-state index contributed by atoms with van der Waals surface area (Å²) in [6, 6.07) is 18.5. The molecule has 2 aromatic carbocycles. The predicted molar refractivity (Wildman–Crippen MR) is 109 cm³/mol. The Kier molecular flexibility index (Phi) is 4.41. The van der Waals surface area contributed by atoms with E-state index in [2.05, 4.69) is 41.8 Å². The van der Waals surface area contributed by atoms with Crippen molar-refractivity contribution in [1.82, 2.24) is 0 Å². The van der Waals surface area contributed by atoms with Crippen LogP contribution in [0.5, 0.6) is 0 Å². The van der Waals surface area contributed by atoms with Gasteiger partial charge in [-0.05, 0) is 75.1 Å². The van der Waals surface area contributed by atoms with Gasteiger partial charge in [-0.1, -0.05) is 18.2 Å². The van der Waals surface area contributed by atoms with Gasteiger partial charge in [-0.25, -0.2) is 4.79 Å². The van der Waals surface area contributed by atoms with Crippen molar-refractivity contribution in [3.05, 3.63) is 77.2 Å². The second-order valence-electron chi connectivity index (χ2n) is 7.22. The molecule has 0 aliphatic heterocycles. The van der Waals surface area contributed by atoms with Gasteiger partial charge in [0, 0.05) is 21.9 Å². The number of hydrogen-bond acceptors (Lipinski definition) is 2. The Labute approximate surface area is 157 Å². The van der Waals surface area contributed by atoms with Gasteiger partial charge < -0.3 is 4.74 Å². The Hall–Kier alpha value is -2.39. The first-order valence-corrected chi connectivity index (χ1v) is 10.4. The lowest BCUT2D eigenvalue weighted by Crippen LogP contribution is -2.29. The van der Waals surface area contributed by atoms with E-state index in [4.69, 9.17) is 4.74 Å². The van der Waals surface area contributed by atoms with Crippen molar-refractivity contribution < 1.29 is 9.53 Å². The lowest BCUT2D eigenvalue weighted by molar-refractivity contribution is 0.0126. The monoisotopic (exact) mass is 363 g/mol. The zero-order valence-electron chi connectivity index (χ0n) is 15.2. The number of carbonyl (C=O) groups is 1. The SMILES string of the molecule is CC(C)(OC(=O)c1ccc(-[s+]2ccc3ccccc32)cc1)C1=CCCC1. The van der Waals surface area contributed by atoms with E-state index in [-0.39, 0.29) is 16.4 Å². The Morgan fingerprint density at radius 2 is 1.81 bits per heavy atom. The normalized spacial score (nSPS) is 15.2. The number of carbonyl (C=O) groups excluding carboxylic acids is 1. The molecule has 1 aliphatic rings. The summed E-state index contributed by atoms with van der Waals surface area (Å²) in [6.07, 6.45) is 5.47. The maximum absolute atomic E-state index is 12.6. The van der Waals surface area contributed by atoms with Crippen molar-refractivity contribution in [2.75, 3.05) is 0 Å². The number of hydrogen-bond donors (Lipinski definition) is 0. The average molecular weight is 364 g/mol. The van der Waals surface area contributed by atoms with Crippen molar-refractivity contribution in [1.29, 1.82) is 0 Å². The van der Waals surface area contributed by atoms with Crippen LogP contribution in [0.25, 0.3) is 15.0 Å². The molecular weight excluding hydrogens is 340 g/mol. The third-order valence-electron chi connectivity index (χ3n) is 5.05. The third-order valence-corrected chi connectivity index (χ3v) is 7.08. The third kappa shape index (κ3) is 3.19. The summed E-state index contributed by atoms with van der Waals surface area (Å²) in [5, 5.41) is 3.53. The molecule has 3 aromatic rings. The van der Waals surface area contributed by atoms with Crippen LogP contribution in [-0.2, 0) is 4.74 Å². The van der Waals surface area contributed by atoms with E-state index in [0.29, 0.717) is 5.56 Å². The maximum Gasteiger partial charge on any atom is 0.338 e. The summed E-state index contributed by atoms with van der Waals surface area (Å²) in [5.74, 6) is -0.250. The largest absolute Gasteiger partial charge is 0.452 e. The van der Waals surface area contributed by atoms with Crippen LogP contribution in [-0.4, -0.2) is 11.6 Å². The topological polar surface area (TPSA) is 26.3 Å². The van der Waals surface area contributed by atoms with Crippen LogP contribution in [0.15, 0.2) is 71.6 Å². The molecule has 0 spiro atoms. The average Bonchev–Trinajstić information content (AvgIpc) is 3.32. The smallest absolute Gasteiger partial charge is 0.338 e.